The summed E-state index contributed by atoms with van der Waals surface area (Å²) in [5, 5.41) is 3.40. The van der Waals surface area contributed by atoms with Crippen molar-refractivity contribution < 1.29 is 0 Å². The molecule has 1 aromatic carbocycles. The lowest BCUT2D eigenvalue weighted by Crippen LogP contribution is -2.47. The van der Waals surface area contributed by atoms with Gasteiger partial charge in [0.1, 0.15) is 0 Å². The predicted octanol–water partition coefficient (Wildman–Crippen LogP) is 2.35. The number of hydrogen-bond donors (Lipinski definition) is 3. The van der Waals surface area contributed by atoms with Crippen LogP contribution < -0.4 is 11.1 Å². The predicted molar refractivity (Wildman–Crippen MR) is 72.0 cm³/mol. The van der Waals surface area contributed by atoms with E-state index < -0.39 is 0 Å². The summed E-state index contributed by atoms with van der Waals surface area (Å²) < 4.78 is 0. The third-order valence-electron chi connectivity index (χ3n) is 3.49. The van der Waals surface area contributed by atoms with Crippen LogP contribution in [0, 0.1) is 5.92 Å². The molecule has 2 aromatic rings. The summed E-state index contributed by atoms with van der Waals surface area (Å²) in [6.45, 7) is 7.00. The summed E-state index contributed by atoms with van der Waals surface area (Å²) in [4.78, 5) is 7.77. The van der Waals surface area contributed by atoms with E-state index in [2.05, 4.69) is 36.1 Å². The summed E-state index contributed by atoms with van der Waals surface area (Å²) in [6, 6.07) is 7.99. The fourth-order valence-corrected chi connectivity index (χ4v) is 1.71. The standard InChI is InChI=1S/C13H20N4/c1-9(2)13(3,8-14)17-12-15-10-6-4-5-7-11(10)16-12/h4-7,9H,8,14H2,1-3H3,(H2,15,16,17). The Hall–Kier alpha value is -1.55. The first kappa shape index (κ1) is 11.9. The number of benzene rings is 1. The van der Waals surface area contributed by atoms with Crippen molar-refractivity contribution in [1.82, 2.24) is 9.97 Å². The molecular formula is C13H20N4. The number of hydrogen-bond acceptors (Lipinski definition) is 3. The van der Waals surface area contributed by atoms with Gasteiger partial charge in [-0.3, -0.25) is 0 Å². The molecule has 0 bridgehead atoms. The first-order valence-electron chi connectivity index (χ1n) is 5.98. The lowest BCUT2D eigenvalue weighted by molar-refractivity contribution is 0.380. The van der Waals surface area contributed by atoms with Crippen LogP contribution in [0.3, 0.4) is 0 Å². The van der Waals surface area contributed by atoms with Gasteiger partial charge in [0.25, 0.3) is 0 Å². The van der Waals surface area contributed by atoms with E-state index >= 15 is 0 Å². The molecule has 0 radical (unpaired) electrons. The van der Waals surface area contributed by atoms with E-state index in [0.29, 0.717) is 12.5 Å². The molecule has 1 heterocycles. The molecule has 1 atom stereocenters. The van der Waals surface area contributed by atoms with Gasteiger partial charge in [0.2, 0.25) is 5.95 Å². The fraction of sp³-hybridized carbons (Fsp3) is 0.462. The summed E-state index contributed by atoms with van der Waals surface area (Å²) >= 11 is 0. The largest absolute Gasteiger partial charge is 0.349 e. The first-order chi connectivity index (χ1) is 8.05. The number of nitrogens with zero attached hydrogens (tertiary/aromatic N) is 1. The summed E-state index contributed by atoms with van der Waals surface area (Å²) in [6.07, 6.45) is 0. The lowest BCUT2D eigenvalue weighted by atomic mass is 9.89. The highest BCUT2D eigenvalue weighted by atomic mass is 15.2. The SMILES string of the molecule is CC(C)C(C)(CN)Nc1nc2ccccc2[nH]1. The Morgan fingerprint density at radius 1 is 1.41 bits per heavy atom. The third kappa shape index (κ3) is 2.26. The molecule has 0 amide bonds. The number of para-hydroxylation sites is 2. The Balaban J connectivity index is 2.29. The molecule has 0 spiro atoms. The second kappa shape index (κ2) is 4.37. The molecule has 4 heteroatoms. The highest BCUT2D eigenvalue weighted by molar-refractivity contribution is 5.77. The quantitative estimate of drug-likeness (QED) is 0.758. The van der Waals surface area contributed by atoms with Crippen molar-refractivity contribution >= 4 is 17.0 Å². The van der Waals surface area contributed by atoms with Crippen LogP contribution in [-0.4, -0.2) is 22.1 Å². The number of imidazole rings is 1. The van der Waals surface area contributed by atoms with Gasteiger partial charge in [-0.2, -0.15) is 0 Å². The van der Waals surface area contributed by atoms with Crippen molar-refractivity contribution in [1.29, 1.82) is 0 Å². The molecular weight excluding hydrogens is 212 g/mol. The average molecular weight is 232 g/mol. The maximum atomic E-state index is 5.85. The third-order valence-corrected chi connectivity index (χ3v) is 3.49. The summed E-state index contributed by atoms with van der Waals surface area (Å²) in [7, 11) is 0. The molecule has 4 nitrogen and oxygen atoms in total. The van der Waals surface area contributed by atoms with E-state index in [1.165, 1.54) is 0 Å². The van der Waals surface area contributed by atoms with Crippen molar-refractivity contribution in [2.24, 2.45) is 11.7 Å². The fourth-order valence-electron chi connectivity index (χ4n) is 1.71. The summed E-state index contributed by atoms with van der Waals surface area (Å²) in [5.74, 6) is 1.22. The number of anilines is 1. The van der Waals surface area contributed by atoms with Gasteiger partial charge in [0.15, 0.2) is 0 Å². The van der Waals surface area contributed by atoms with Crippen LogP contribution >= 0.6 is 0 Å². The minimum atomic E-state index is -0.145. The molecule has 0 fully saturated rings. The Kier molecular flexibility index (Phi) is 3.07. The number of fused-ring (bicyclic) bond motifs is 1. The lowest BCUT2D eigenvalue weighted by Gasteiger charge is -2.33. The number of nitrogens with two attached hydrogens (primary N) is 1. The zero-order valence-electron chi connectivity index (χ0n) is 10.6. The van der Waals surface area contributed by atoms with Gasteiger partial charge in [-0.15, -0.1) is 0 Å². The van der Waals surface area contributed by atoms with Crippen LogP contribution in [0.2, 0.25) is 0 Å². The van der Waals surface area contributed by atoms with Gasteiger partial charge in [0, 0.05) is 6.54 Å². The molecule has 0 aliphatic rings. The number of H-pyrrole nitrogens is 1. The second-order valence-electron chi connectivity index (χ2n) is 5.00. The number of nitrogens with one attached hydrogen (secondary N) is 2. The van der Waals surface area contributed by atoms with Crippen LogP contribution in [0.1, 0.15) is 20.8 Å². The van der Waals surface area contributed by atoms with Gasteiger partial charge in [-0.25, -0.2) is 4.98 Å². The van der Waals surface area contributed by atoms with Crippen LogP contribution in [0.5, 0.6) is 0 Å². The molecule has 1 unspecified atom stereocenters. The molecule has 2 rings (SSSR count). The average Bonchev–Trinajstić information content (AvgIpc) is 2.70. The minimum Gasteiger partial charge on any atom is -0.349 e. The van der Waals surface area contributed by atoms with Gasteiger partial charge in [-0.05, 0) is 25.0 Å². The van der Waals surface area contributed by atoms with E-state index in [1.807, 2.05) is 24.3 Å². The van der Waals surface area contributed by atoms with Crippen molar-refractivity contribution in [3.63, 3.8) is 0 Å². The second-order valence-corrected chi connectivity index (χ2v) is 5.00. The Morgan fingerprint density at radius 3 is 2.71 bits per heavy atom. The molecule has 17 heavy (non-hydrogen) atoms. The molecule has 0 aliphatic heterocycles. The maximum Gasteiger partial charge on any atom is 0.201 e. The van der Waals surface area contributed by atoms with Crippen molar-refractivity contribution in [2.45, 2.75) is 26.3 Å². The van der Waals surface area contributed by atoms with Gasteiger partial charge >= 0.3 is 0 Å². The number of rotatable bonds is 4. The Bertz CT molecular complexity index is 470. The first-order valence-corrected chi connectivity index (χ1v) is 5.98. The van der Waals surface area contributed by atoms with E-state index in [9.17, 15) is 0 Å². The molecule has 92 valence electrons. The number of aromatic amines is 1. The zero-order valence-corrected chi connectivity index (χ0v) is 10.6. The Labute approximate surface area is 102 Å². The van der Waals surface area contributed by atoms with Gasteiger partial charge in [0.05, 0.1) is 16.6 Å². The van der Waals surface area contributed by atoms with Gasteiger partial charge in [-0.1, -0.05) is 26.0 Å². The van der Waals surface area contributed by atoms with Crippen LogP contribution in [0.4, 0.5) is 5.95 Å². The normalized spacial score (nSPS) is 15.1. The molecule has 4 N–H and O–H groups in total. The number of aromatic nitrogens is 2. The Morgan fingerprint density at radius 2 is 2.12 bits per heavy atom. The van der Waals surface area contributed by atoms with Crippen molar-refractivity contribution in [3.8, 4) is 0 Å². The van der Waals surface area contributed by atoms with E-state index in [-0.39, 0.29) is 5.54 Å². The maximum absolute atomic E-state index is 5.85. The highest BCUT2D eigenvalue weighted by Crippen LogP contribution is 2.22. The molecule has 1 aromatic heterocycles. The minimum absolute atomic E-state index is 0.145. The molecule has 0 aliphatic carbocycles. The molecule has 0 saturated carbocycles. The van der Waals surface area contributed by atoms with Gasteiger partial charge < -0.3 is 16.0 Å². The van der Waals surface area contributed by atoms with Crippen LogP contribution in [-0.2, 0) is 0 Å². The van der Waals surface area contributed by atoms with Crippen LogP contribution in [0.25, 0.3) is 11.0 Å². The molecule has 0 saturated heterocycles. The topological polar surface area (TPSA) is 66.7 Å². The summed E-state index contributed by atoms with van der Waals surface area (Å²) in [5.41, 5.74) is 7.71. The van der Waals surface area contributed by atoms with E-state index in [4.69, 9.17) is 5.73 Å². The smallest absolute Gasteiger partial charge is 0.201 e. The monoisotopic (exact) mass is 232 g/mol. The van der Waals surface area contributed by atoms with Crippen LogP contribution in [0.15, 0.2) is 24.3 Å². The highest BCUT2D eigenvalue weighted by Gasteiger charge is 2.27. The van der Waals surface area contributed by atoms with Crippen molar-refractivity contribution in [3.05, 3.63) is 24.3 Å². The zero-order chi connectivity index (χ0) is 12.5. The van der Waals surface area contributed by atoms with E-state index in [0.717, 1.165) is 17.0 Å². The van der Waals surface area contributed by atoms with E-state index in [1.54, 1.807) is 0 Å². The van der Waals surface area contributed by atoms with Crippen molar-refractivity contribution in [2.75, 3.05) is 11.9 Å².